The van der Waals surface area contributed by atoms with Crippen molar-refractivity contribution in [2.24, 2.45) is 21.7 Å². The van der Waals surface area contributed by atoms with Crippen LogP contribution in [0.4, 0.5) is 36.7 Å². The Morgan fingerprint density at radius 3 is 1.37 bits per heavy atom. The highest BCUT2D eigenvalue weighted by molar-refractivity contribution is 5.73. The number of allylic oxidation sites excluding steroid dienone is 2. The first-order valence-corrected chi connectivity index (χ1v) is 30.9. The third-order valence-corrected chi connectivity index (χ3v) is 14.1. The predicted molar refractivity (Wildman–Crippen MR) is 334 cm³/mol. The van der Waals surface area contributed by atoms with E-state index in [1.807, 2.05) is 0 Å². The lowest BCUT2D eigenvalue weighted by Gasteiger charge is -2.47. The summed E-state index contributed by atoms with van der Waals surface area (Å²) in [5, 5.41) is 17.2. The lowest BCUT2D eigenvalue weighted by molar-refractivity contribution is -0.257. The molecule has 0 aliphatic heterocycles. The molecule has 6 N–H and O–H groups in total. The van der Waals surface area contributed by atoms with Crippen molar-refractivity contribution in [3.63, 3.8) is 0 Å². The molecular formula is C64H110F4N6O15. The van der Waals surface area contributed by atoms with Gasteiger partial charge in [0.1, 0.15) is 44.0 Å². The molecule has 25 heteroatoms. The van der Waals surface area contributed by atoms with Crippen LogP contribution in [-0.4, -0.2) is 154 Å². The molecule has 0 spiro atoms. The normalized spacial score (nSPS) is 18.9. The lowest BCUT2D eigenvalue weighted by atomic mass is 9.62. The van der Waals surface area contributed by atoms with Gasteiger partial charge in [0.05, 0.1) is 59.7 Å². The molecule has 2 aliphatic rings. The molecular weight excluding hydrogens is 1170 g/mol. The number of rotatable bonds is 41. The fourth-order valence-electron chi connectivity index (χ4n) is 10.8. The molecule has 0 radical (unpaired) electrons. The standard InChI is InChI=1S/C33H56F3N3O8.C28H49N3O6.C3H5FO/c1-25(2)26(3)43-19-15-38-29(41)45-17-11-9-7-8-10-16-44-28(40)12-14-37-23-32(6)21-27(20-31(4,5)22-32)39-30(42)46-24-33(35,36)47-18-13-34;1-21(2)22(3)35-16-13-29-25(33)36-14-11-9-8-10-12-15-37-26(34)30-20-28(7)18-24(31-23(4)32)17-27(5,6)19-28;1-5-3-2-4/h27,37H,1,3,7-24H2,2,4-6H3,(H,38,41)(H,39,42);24H,1,3,8-20H2,2,4-7H3,(H,29,33)(H,30,34)(H,31,32);2-3H,1H3/b;;3-2+. The minimum Gasteiger partial charge on any atom is -0.502 e. The maximum absolute atomic E-state index is 13.5. The van der Waals surface area contributed by atoms with Gasteiger partial charge in [-0.1, -0.05) is 106 Å². The van der Waals surface area contributed by atoms with Gasteiger partial charge in [-0.2, -0.15) is 8.78 Å². The van der Waals surface area contributed by atoms with Gasteiger partial charge in [-0.05, 0) is 111 Å². The molecule has 0 aromatic heterocycles. The number of hydrogen-bond acceptors (Lipinski definition) is 16. The van der Waals surface area contributed by atoms with Crippen molar-refractivity contribution in [3.05, 3.63) is 61.6 Å². The van der Waals surface area contributed by atoms with Crippen molar-refractivity contribution in [1.82, 2.24) is 31.9 Å². The number of nitrogens with one attached hydrogen (secondary N) is 6. The summed E-state index contributed by atoms with van der Waals surface area (Å²) < 4.78 is 94.2. The second-order valence-corrected chi connectivity index (χ2v) is 25.0. The summed E-state index contributed by atoms with van der Waals surface area (Å²) in [4.78, 5) is 71.3. The van der Waals surface area contributed by atoms with Crippen molar-refractivity contribution < 1.29 is 89.0 Å². The molecule has 0 saturated heterocycles. The molecule has 21 nitrogen and oxygen atoms in total. The molecule has 514 valence electrons. The number of halogens is 4. The second-order valence-electron chi connectivity index (χ2n) is 25.0. The van der Waals surface area contributed by atoms with E-state index in [0.29, 0.717) is 103 Å². The largest absolute Gasteiger partial charge is 0.502 e. The molecule has 5 amide bonds. The molecule has 0 bridgehead atoms. The zero-order valence-electron chi connectivity index (χ0n) is 55.2. The van der Waals surface area contributed by atoms with Crippen LogP contribution in [0.25, 0.3) is 0 Å². The second kappa shape index (κ2) is 45.9. The average Bonchev–Trinajstić information content (AvgIpc) is 1.45. The minimum absolute atomic E-state index is 0.0151. The van der Waals surface area contributed by atoms with E-state index in [1.165, 1.54) is 7.11 Å². The lowest BCUT2D eigenvalue weighted by Crippen LogP contribution is -2.50. The van der Waals surface area contributed by atoms with Gasteiger partial charge >= 0.3 is 36.5 Å². The molecule has 2 aliphatic carbocycles. The fourth-order valence-corrected chi connectivity index (χ4v) is 10.8. The maximum Gasteiger partial charge on any atom is 0.407 e. The van der Waals surface area contributed by atoms with Crippen molar-refractivity contribution in [1.29, 1.82) is 0 Å². The molecule has 4 atom stereocenters. The summed E-state index contributed by atoms with van der Waals surface area (Å²) >= 11 is 0. The number of alkyl carbamates (subject to hydrolysis) is 4. The van der Waals surface area contributed by atoms with E-state index in [9.17, 15) is 46.3 Å². The number of alkyl halides is 3. The summed E-state index contributed by atoms with van der Waals surface area (Å²) in [6.45, 7) is 33.9. The Kier molecular flexibility index (Phi) is 42.7. The zero-order valence-corrected chi connectivity index (χ0v) is 55.2. The highest BCUT2D eigenvalue weighted by Gasteiger charge is 2.43. The van der Waals surface area contributed by atoms with Crippen LogP contribution in [0.15, 0.2) is 61.6 Å². The van der Waals surface area contributed by atoms with E-state index < -0.39 is 50.4 Å². The predicted octanol–water partition coefficient (Wildman–Crippen LogP) is 12.5. The smallest absolute Gasteiger partial charge is 0.407 e. The van der Waals surface area contributed by atoms with Gasteiger partial charge in [0.2, 0.25) is 5.91 Å². The van der Waals surface area contributed by atoms with E-state index in [4.69, 9.17) is 28.4 Å². The number of ether oxygens (including phenoxy) is 9. The van der Waals surface area contributed by atoms with Crippen LogP contribution in [0, 0.1) is 21.7 Å². The first-order valence-electron chi connectivity index (χ1n) is 30.9. The third-order valence-electron chi connectivity index (χ3n) is 14.1. The number of carbonyl (C=O) groups is 6. The minimum atomic E-state index is -3.76. The molecule has 2 saturated carbocycles. The Hall–Kier alpha value is -6.24. The molecule has 0 heterocycles. The highest BCUT2D eigenvalue weighted by Crippen LogP contribution is 2.47. The third kappa shape index (κ3) is 45.6. The molecule has 89 heavy (non-hydrogen) atoms. The quantitative estimate of drug-likeness (QED) is 0.00830. The summed E-state index contributed by atoms with van der Waals surface area (Å²) in [6, 6.07) is -0.171. The van der Waals surface area contributed by atoms with Gasteiger partial charge in [0, 0.05) is 38.6 Å². The Morgan fingerprint density at radius 1 is 0.528 bits per heavy atom. The zero-order chi connectivity index (χ0) is 67.4. The van der Waals surface area contributed by atoms with Crippen molar-refractivity contribution in [2.45, 2.75) is 190 Å². The number of hydrogen-bond donors (Lipinski definition) is 6. The Labute approximate surface area is 527 Å². The monoisotopic (exact) mass is 1280 g/mol. The van der Waals surface area contributed by atoms with Crippen molar-refractivity contribution in [2.75, 3.05) is 99.4 Å². The van der Waals surface area contributed by atoms with Crippen molar-refractivity contribution >= 4 is 36.2 Å². The topological polar surface area (TPSA) is 258 Å². The first kappa shape index (κ1) is 82.8. The number of unbranched alkanes of at least 4 members (excludes halogenated alkanes) is 8. The van der Waals surface area contributed by atoms with E-state index in [2.05, 4.69) is 114 Å². The van der Waals surface area contributed by atoms with E-state index in [-0.39, 0.29) is 52.0 Å². The summed E-state index contributed by atoms with van der Waals surface area (Å²) in [5.41, 5.74) is 1.14. The van der Waals surface area contributed by atoms with E-state index >= 15 is 0 Å². The highest BCUT2D eigenvalue weighted by atomic mass is 19.3. The van der Waals surface area contributed by atoms with Gasteiger partial charge in [0.15, 0.2) is 6.61 Å². The molecule has 2 fully saturated rings. The van der Waals surface area contributed by atoms with Crippen LogP contribution in [0.3, 0.4) is 0 Å². The summed E-state index contributed by atoms with van der Waals surface area (Å²) in [6.07, 6.45) is 8.94. The number of amides is 5. The molecule has 0 aromatic rings. The van der Waals surface area contributed by atoms with Gasteiger partial charge in [0.25, 0.3) is 0 Å². The Balaban J connectivity index is 0.00000165. The number of methoxy groups -OCH3 is 1. The summed E-state index contributed by atoms with van der Waals surface area (Å²) in [7, 11) is 1.38. The van der Waals surface area contributed by atoms with Gasteiger partial charge < -0.3 is 74.5 Å². The Morgan fingerprint density at radius 2 is 0.955 bits per heavy atom. The van der Waals surface area contributed by atoms with Crippen molar-refractivity contribution in [3.8, 4) is 0 Å². The SMILES string of the molecule is C=C(C)C(=C)OCCNC(=O)OCCCCCCCOC(=O)CCNCC1(C)CC(NC(=O)OCC(F)(F)OCCF)CC(C)(C)C1.C=C(C)C(=C)OCCNC(=O)OCCCCCCCOC(=O)NCC1(C)CC(NC(C)=O)CC(C)(C)C1.CO/C=C/F. The van der Waals surface area contributed by atoms with Crippen LogP contribution < -0.4 is 31.9 Å². The van der Waals surface area contributed by atoms with Gasteiger partial charge in [-0.3, -0.25) is 9.59 Å². The molecule has 4 unspecified atom stereocenters. The van der Waals surface area contributed by atoms with Crippen LogP contribution in [-0.2, 0) is 52.2 Å². The average molecular weight is 1280 g/mol. The summed E-state index contributed by atoms with van der Waals surface area (Å²) in [5.74, 6) is 0.703. The number of carbonyl (C=O) groups excluding carboxylic acids is 6. The van der Waals surface area contributed by atoms with Crippen LogP contribution in [0.5, 0.6) is 0 Å². The Bertz CT molecular complexity index is 2170. The van der Waals surface area contributed by atoms with Crippen LogP contribution in [0.1, 0.15) is 171 Å². The van der Waals surface area contributed by atoms with Crippen LogP contribution in [0.2, 0.25) is 0 Å². The van der Waals surface area contributed by atoms with E-state index in [1.54, 1.807) is 20.8 Å². The fraction of sp³-hybridized carbons (Fsp3) is 0.750. The van der Waals surface area contributed by atoms with E-state index in [0.717, 1.165) is 107 Å². The van der Waals surface area contributed by atoms with Gasteiger partial charge in [-0.25, -0.2) is 28.0 Å². The molecule has 2 rings (SSSR count). The molecule has 0 aromatic carbocycles. The number of esters is 1. The first-order chi connectivity index (χ1) is 41.8. The van der Waals surface area contributed by atoms with Gasteiger partial charge in [-0.15, -0.1) is 0 Å². The van der Waals surface area contributed by atoms with Crippen LogP contribution >= 0.6 is 0 Å². The maximum atomic E-state index is 13.5.